The second-order valence-corrected chi connectivity index (χ2v) is 7.79. The van der Waals surface area contributed by atoms with Gasteiger partial charge in [0.2, 0.25) is 5.91 Å². The van der Waals surface area contributed by atoms with Gasteiger partial charge in [-0.25, -0.2) is 9.59 Å². The van der Waals surface area contributed by atoms with E-state index in [9.17, 15) is 19.5 Å². The number of hydrogen-bond acceptors (Lipinski definition) is 5. The van der Waals surface area contributed by atoms with E-state index >= 15 is 0 Å². The van der Waals surface area contributed by atoms with Crippen LogP contribution in [0.4, 0.5) is 4.79 Å². The number of benzene rings is 2. The van der Waals surface area contributed by atoms with Gasteiger partial charge in [0.15, 0.2) is 0 Å². The minimum Gasteiger partial charge on any atom is -0.480 e. The highest BCUT2D eigenvalue weighted by atomic mass is 16.5. The fourth-order valence-corrected chi connectivity index (χ4v) is 2.92. The van der Waals surface area contributed by atoms with Gasteiger partial charge in [-0.15, -0.1) is 0 Å². The molecule has 0 aliphatic rings. The highest BCUT2D eigenvalue weighted by Crippen LogP contribution is 2.07. The molecular weight excluding hydrogens is 412 g/mol. The number of carbonyl (C=O) groups is 3. The SMILES string of the molecule is CC(C)C[C@H](NC(=O)[C@H](COCc1ccccc1)NC(=O)OCc1ccccc1)C(=O)O. The van der Waals surface area contributed by atoms with Crippen molar-refractivity contribution >= 4 is 18.0 Å². The minimum absolute atomic E-state index is 0.0387. The van der Waals surface area contributed by atoms with Crippen LogP contribution in [-0.2, 0) is 32.3 Å². The summed E-state index contributed by atoms with van der Waals surface area (Å²) in [5, 5.41) is 14.4. The third kappa shape index (κ3) is 9.18. The molecular formula is C24H30N2O6. The van der Waals surface area contributed by atoms with Crippen molar-refractivity contribution in [3.05, 3.63) is 71.8 Å². The number of rotatable bonds is 12. The number of carbonyl (C=O) groups excluding carboxylic acids is 2. The molecule has 2 aromatic carbocycles. The van der Waals surface area contributed by atoms with Crippen molar-refractivity contribution < 1.29 is 29.0 Å². The van der Waals surface area contributed by atoms with Crippen LogP contribution in [0.2, 0.25) is 0 Å². The lowest BCUT2D eigenvalue weighted by Gasteiger charge is -2.22. The number of hydrogen-bond donors (Lipinski definition) is 3. The van der Waals surface area contributed by atoms with Gasteiger partial charge in [0.1, 0.15) is 18.7 Å². The van der Waals surface area contributed by atoms with E-state index in [1.54, 1.807) is 0 Å². The number of aliphatic carboxylic acids is 1. The summed E-state index contributed by atoms with van der Waals surface area (Å²) >= 11 is 0. The number of alkyl carbamates (subject to hydrolysis) is 1. The molecule has 0 radical (unpaired) electrons. The summed E-state index contributed by atoms with van der Waals surface area (Å²) in [4.78, 5) is 36.6. The quantitative estimate of drug-likeness (QED) is 0.465. The molecule has 0 heterocycles. The Bertz CT molecular complexity index is 857. The molecule has 2 aromatic rings. The first-order valence-electron chi connectivity index (χ1n) is 10.5. The van der Waals surface area contributed by atoms with Crippen LogP contribution < -0.4 is 10.6 Å². The van der Waals surface area contributed by atoms with E-state index in [1.165, 1.54) is 0 Å². The standard InChI is InChI=1S/C24H30N2O6/c1-17(2)13-20(23(28)29)25-22(27)21(16-31-14-18-9-5-3-6-10-18)26-24(30)32-15-19-11-7-4-8-12-19/h3-12,17,20-21H,13-16H2,1-2H3,(H,25,27)(H,26,30)(H,28,29)/t20-,21-/m0/s1. The molecule has 0 aliphatic carbocycles. The zero-order valence-electron chi connectivity index (χ0n) is 18.3. The molecule has 2 atom stereocenters. The molecule has 0 fully saturated rings. The van der Waals surface area contributed by atoms with E-state index in [-0.39, 0.29) is 32.2 Å². The van der Waals surface area contributed by atoms with Crippen molar-refractivity contribution in [2.45, 2.75) is 45.6 Å². The Balaban J connectivity index is 1.98. The molecule has 8 nitrogen and oxygen atoms in total. The summed E-state index contributed by atoms with van der Waals surface area (Å²) in [6.07, 6.45) is -0.537. The van der Waals surface area contributed by atoms with Gasteiger partial charge in [-0.2, -0.15) is 0 Å². The second kappa shape index (κ2) is 13.1. The van der Waals surface area contributed by atoms with Gasteiger partial charge < -0.3 is 25.2 Å². The molecule has 0 saturated carbocycles. The average Bonchev–Trinajstić information content (AvgIpc) is 2.77. The van der Waals surface area contributed by atoms with Crippen molar-refractivity contribution in [3.63, 3.8) is 0 Å². The molecule has 2 rings (SSSR count). The van der Waals surface area contributed by atoms with Crippen molar-refractivity contribution in [1.82, 2.24) is 10.6 Å². The number of carboxylic acid groups (broad SMARTS) is 1. The van der Waals surface area contributed by atoms with Crippen LogP contribution >= 0.6 is 0 Å². The van der Waals surface area contributed by atoms with E-state index in [1.807, 2.05) is 74.5 Å². The van der Waals surface area contributed by atoms with Gasteiger partial charge in [-0.1, -0.05) is 74.5 Å². The van der Waals surface area contributed by atoms with Crippen LogP contribution in [0.25, 0.3) is 0 Å². The van der Waals surface area contributed by atoms with Gasteiger partial charge in [0, 0.05) is 0 Å². The Morgan fingerprint density at radius 3 is 1.94 bits per heavy atom. The maximum absolute atomic E-state index is 12.8. The molecule has 32 heavy (non-hydrogen) atoms. The van der Waals surface area contributed by atoms with Gasteiger partial charge in [0.05, 0.1) is 13.2 Å². The topological polar surface area (TPSA) is 114 Å². The van der Waals surface area contributed by atoms with Crippen molar-refractivity contribution in [3.8, 4) is 0 Å². The Labute approximate surface area is 187 Å². The van der Waals surface area contributed by atoms with E-state index in [4.69, 9.17) is 9.47 Å². The van der Waals surface area contributed by atoms with Crippen LogP contribution in [0.1, 0.15) is 31.4 Å². The maximum Gasteiger partial charge on any atom is 0.408 e. The predicted molar refractivity (Wildman–Crippen MR) is 119 cm³/mol. The smallest absolute Gasteiger partial charge is 0.408 e. The van der Waals surface area contributed by atoms with E-state index in [0.29, 0.717) is 0 Å². The molecule has 0 unspecified atom stereocenters. The molecule has 0 spiro atoms. The molecule has 2 amide bonds. The van der Waals surface area contributed by atoms with Crippen molar-refractivity contribution in [2.24, 2.45) is 5.92 Å². The van der Waals surface area contributed by atoms with E-state index < -0.39 is 30.1 Å². The largest absolute Gasteiger partial charge is 0.480 e. The van der Waals surface area contributed by atoms with Crippen LogP contribution in [0.3, 0.4) is 0 Å². The fraction of sp³-hybridized carbons (Fsp3) is 0.375. The highest BCUT2D eigenvalue weighted by molar-refractivity contribution is 5.89. The third-order valence-corrected chi connectivity index (χ3v) is 4.54. The molecule has 8 heteroatoms. The minimum atomic E-state index is -1.14. The van der Waals surface area contributed by atoms with E-state index in [0.717, 1.165) is 11.1 Å². The summed E-state index contributed by atoms with van der Waals surface area (Å²) in [5.74, 6) is -1.72. The third-order valence-electron chi connectivity index (χ3n) is 4.54. The highest BCUT2D eigenvalue weighted by Gasteiger charge is 2.27. The molecule has 3 N–H and O–H groups in total. The molecule has 0 aliphatic heterocycles. The van der Waals surface area contributed by atoms with Crippen LogP contribution in [0, 0.1) is 5.92 Å². The fourth-order valence-electron chi connectivity index (χ4n) is 2.92. The molecule has 0 bridgehead atoms. The average molecular weight is 443 g/mol. The van der Waals surface area contributed by atoms with Crippen LogP contribution in [0.5, 0.6) is 0 Å². The first-order valence-corrected chi connectivity index (χ1v) is 10.5. The lowest BCUT2D eigenvalue weighted by atomic mass is 10.0. The van der Waals surface area contributed by atoms with Gasteiger partial charge >= 0.3 is 12.1 Å². The molecule has 172 valence electrons. The van der Waals surface area contributed by atoms with Gasteiger partial charge in [0.25, 0.3) is 0 Å². The Morgan fingerprint density at radius 2 is 1.41 bits per heavy atom. The molecule has 0 aromatic heterocycles. The van der Waals surface area contributed by atoms with Crippen molar-refractivity contribution in [1.29, 1.82) is 0 Å². The number of ether oxygens (including phenoxy) is 2. The summed E-state index contributed by atoms with van der Waals surface area (Å²) < 4.78 is 10.8. The first-order chi connectivity index (χ1) is 15.3. The zero-order valence-corrected chi connectivity index (χ0v) is 18.3. The summed E-state index contributed by atoms with van der Waals surface area (Å²) in [7, 11) is 0. The second-order valence-electron chi connectivity index (χ2n) is 7.79. The predicted octanol–water partition coefficient (Wildman–Crippen LogP) is 3.11. The number of amides is 2. The Morgan fingerprint density at radius 1 is 0.844 bits per heavy atom. The Hall–Kier alpha value is -3.39. The van der Waals surface area contributed by atoms with Gasteiger partial charge in [-0.3, -0.25) is 4.79 Å². The summed E-state index contributed by atoms with van der Waals surface area (Å²) in [5.41, 5.74) is 1.70. The summed E-state index contributed by atoms with van der Waals surface area (Å²) in [6, 6.07) is 16.3. The normalized spacial score (nSPS) is 12.6. The van der Waals surface area contributed by atoms with E-state index in [2.05, 4.69) is 10.6 Å². The number of nitrogens with one attached hydrogen (secondary N) is 2. The first kappa shape index (κ1) is 24.9. The number of carboxylic acids is 1. The van der Waals surface area contributed by atoms with Gasteiger partial charge in [-0.05, 0) is 23.5 Å². The van der Waals surface area contributed by atoms with Crippen molar-refractivity contribution in [2.75, 3.05) is 6.61 Å². The maximum atomic E-state index is 12.8. The van der Waals surface area contributed by atoms with Crippen LogP contribution in [0.15, 0.2) is 60.7 Å². The lowest BCUT2D eigenvalue weighted by Crippen LogP contribution is -2.53. The Kier molecular flexibility index (Phi) is 10.2. The molecule has 0 saturated heterocycles. The van der Waals surface area contributed by atoms with Crippen LogP contribution in [-0.4, -0.2) is 41.8 Å². The zero-order chi connectivity index (χ0) is 23.3. The monoisotopic (exact) mass is 442 g/mol. The summed E-state index contributed by atoms with van der Waals surface area (Å²) in [6.45, 7) is 3.86. The lowest BCUT2D eigenvalue weighted by molar-refractivity contribution is -0.142.